The molecule has 2 atom stereocenters. The van der Waals surface area contributed by atoms with Gasteiger partial charge in [-0.05, 0) is 135 Å². The summed E-state index contributed by atoms with van der Waals surface area (Å²) in [5.41, 5.74) is 8.05. The van der Waals surface area contributed by atoms with Crippen LogP contribution in [0.3, 0.4) is 0 Å². The van der Waals surface area contributed by atoms with Crippen LogP contribution in [0.25, 0.3) is 0 Å². The molecule has 0 aliphatic carbocycles. The number of unbranched alkanes of at least 4 members (excludes halogenated alkanes) is 1. The largest absolute Gasteiger partial charge is 0.493 e. The number of likely N-dealkylation sites (N-methyl/N-ethyl adjacent to an activating group) is 2. The number of carbonyl (C=O) groups is 1. The molecule has 57 heavy (non-hydrogen) atoms. The Balaban J connectivity index is 1.18. The van der Waals surface area contributed by atoms with E-state index in [0.29, 0.717) is 78.0 Å². The average Bonchev–Trinajstić information content (AvgIpc) is 3.23. The van der Waals surface area contributed by atoms with Gasteiger partial charge in [-0.3, -0.25) is 19.6 Å². The molecule has 0 saturated heterocycles. The van der Waals surface area contributed by atoms with Gasteiger partial charge in [0.05, 0.1) is 27.4 Å². The van der Waals surface area contributed by atoms with Gasteiger partial charge >= 0.3 is 0 Å². The summed E-state index contributed by atoms with van der Waals surface area (Å²) in [4.78, 5) is 21.6. The highest BCUT2D eigenvalue weighted by molar-refractivity contribution is 5.94. The highest BCUT2D eigenvalue weighted by Gasteiger charge is 2.34. The fourth-order valence-electron chi connectivity index (χ4n) is 8.53. The average molecular weight is 770 g/mol. The quantitative estimate of drug-likeness (QED) is 0.110. The van der Waals surface area contributed by atoms with Crippen LogP contribution in [-0.2, 0) is 32.3 Å². The summed E-state index contributed by atoms with van der Waals surface area (Å²) in [5, 5.41) is 10.6. The van der Waals surface area contributed by atoms with Gasteiger partial charge < -0.3 is 28.8 Å². The highest BCUT2D eigenvalue weighted by Crippen LogP contribution is 2.50. The van der Waals surface area contributed by atoms with Crippen molar-refractivity contribution in [1.29, 1.82) is 0 Å². The zero-order valence-electron chi connectivity index (χ0n) is 33.3. The van der Waals surface area contributed by atoms with Crippen molar-refractivity contribution in [2.45, 2.75) is 63.6 Å². The molecule has 0 fully saturated rings. The summed E-state index contributed by atoms with van der Waals surface area (Å²) in [5.74, 6) is 4.44. The molecule has 9 rings (SSSR count). The summed E-state index contributed by atoms with van der Waals surface area (Å²) in [6.07, 6.45) is 6.62. The summed E-state index contributed by atoms with van der Waals surface area (Å²) >= 11 is 0. The first-order chi connectivity index (χ1) is 27.8. The minimum atomic E-state index is -0.178. The minimum Gasteiger partial charge on any atom is -0.493 e. The number of aliphatic hydroxyl groups is 1. The first-order valence-electron chi connectivity index (χ1n) is 19.9. The molecule has 5 heterocycles. The Labute approximate surface area is 334 Å². The van der Waals surface area contributed by atoms with Crippen molar-refractivity contribution in [3.05, 3.63) is 130 Å². The van der Waals surface area contributed by atoms with Crippen LogP contribution in [0.15, 0.2) is 85.1 Å². The van der Waals surface area contributed by atoms with Crippen molar-refractivity contribution in [3.8, 4) is 40.2 Å². The number of nitrogens with zero attached hydrogens (tertiary/aromatic N) is 3. The minimum absolute atomic E-state index is 0.0364. The van der Waals surface area contributed by atoms with E-state index in [1.165, 1.54) is 16.7 Å². The molecule has 0 amide bonds. The van der Waals surface area contributed by atoms with E-state index in [1.54, 1.807) is 26.5 Å². The number of ether oxygens (including phenoxy) is 5. The topological polar surface area (TPSA) is 103 Å². The van der Waals surface area contributed by atoms with Gasteiger partial charge in [0.2, 0.25) is 0 Å². The van der Waals surface area contributed by atoms with E-state index in [9.17, 15) is 9.90 Å². The standard InChI is InChI=1S/C47H51N3O7/c1-49-20-17-32-27-42(53-3)44-28-36(32)38(49)23-30-11-14-35(15-12-30)56-43-25-31(13-16-41(43)55-22-8-6-10-40(52)37-9-5-7-19-48-37)24-39-45-33(18-21-50(39)2)26-34(29-51)46(54-4)47(45)57-44/h5,7,9,11-16,19,25-28,38-39,51H,6,8,10,17-18,20-24,29H2,1-4H3/t38?,39-/m1/s1. The van der Waals surface area contributed by atoms with Crippen LogP contribution >= 0.6 is 0 Å². The maximum absolute atomic E-state index is 12.6. The Morgan fingerprint density at radius 1 is 0.807 bits per heavy atom. The van der Waals surface area contributed by atoms with Crippen molar-refractivity contribution < 1.29 is 33.6 Å². The van der Waals surface area contributed by atoms with Gasteiger partial charge in [-0.2, -0.15) is 0 Å². The molecule has 4 aromatic carbocycles. The smallest absolute Gasteiger partial charge is 0.181 e. The molecule has 10 heteroatoms. The second-order valence-electron chi connectivity index (χ2n) is 15.3. The predicted octanol–water partition coefficient (Wildman–Crippen LogP) is 8.46. The number of hydrogen-bond acceptors (Lipinski definition) is 10. The summed E-state index contributed by atoms with van der Waals surface area (Å²) in [7, 11) is 7.64. The number of rotatable bonds is 10. The highest BCUT2D eigenvalue weighted by atomic mass is 16.5. The Morgan fingerprint density at radius 3 is 2.32 bits per heavy atom. The maximum atomic E-state index is 12.6. The number of aromatic nitrogens is 1. The first-order valence-corrected chi connectivity index (χ1v) is 19.9. The van der Waals surface area contributed by atoms with Crippen LogP contribution in [0.4, 0.5) is 0 Å². The van der Waals surface area contributed by atoms with Crippen molar-refractivity contribution in [1.82, 2.24) is 14.8 Å². The SMILES string of the molecule is COc1cc2c3cc1Oc1c(OC)c(CO)cc4c1[C@@H](Cc1ccc(OCCCCC(=O)c5ccccn5)c(c1)Oc1ccc(cc1)CC3N(C)CC2)N(C)CC4. The Kier molecular flexibility index (Phi) is 11.5. The van der Waals surface area contributed by atoms with Gasteiger partial charge in [0.15, 0.2) is 40.3 Å². The number of pyridine rings is 1. The molecule has 4 aliphatic rings. The molecule has 0 radical (unpaired) electrons. The molecule has 1 unspecified atom stereocenters. The van der Waals surface area contributed by atoms with Crippen LogP contribution in [0, 0.1) is 0 Å². The lowest BCUT2D eigenvalue weighted by Crippen LogP contribution is -2.34. The van der Waals surface area contributed by atoms with E-state index >= 15 is 0 Å². The molecular weight excluding hydrogens is 719 g/mol. The lowest BCUT2D eigenvalue weighted by Gasteiger charge is -2.37. The van der Waals surface area contributed by atoms with Gasteiger partial charge in [0, 0.05) is 48.9 Å². The van der Waals surface area contributed by atoms with E-state index in [0.717, 1.165) is 54.8 Å². The number of ketones is 1. The summed E-state index contributed by atoms with van der Waals surface area (Å²) in [6, 6.07) is 26.3. The third-order valence-corrected chi connectivity index (χ3v) is 11.7. The monoisotopic (exact) mass is 769 g/mol. The van der Waals surface area contributed by atoms with E-state index in [4.69, 9.17) is 23.7 Å². The lowest BCUT2D eigenvalue weighted by molar-refractivity contribution is 0.0973. The lowest BCUT2D eigenvalue weighted by atomic mass is 9.86. The molecule has 1 N–H and O–H groups in total. The number of methoxy groups -OCH3 is 2. The van der Waals surface area contributed by atoms with Crippen molar-refractivity contribution in [2.75, 3.05) is 48.0 Å². The molecule has 1 aromatic heterocycles. The second-order valence-corrected chi connectivity index (χ2v) is 15.3. The number of aliphatic hydroxyl groups excluding tert-OH is 1. The van der Waals surface area contributed by atoms with Crippen molar-refractivity contribution in [2.24, 2.45) is 0 Å². The predicted molar refractivity (Wildman–Crippen MR) is 218 cm³/mol. The van der Waals surface area contributed by atoms with Gasteiger partial charge in [-0.15, -0.1) is 0 Å². The van der Waals surface area contributed by atoms with Crippen LogP contribution in [0.1, 0.15) is 80.8 Å². The Hall–Kier alpha value is -5.42. The molecule has 6 bridgehead atoms. The van der Waals surface area contributed by atoms with E-state index in [-0.39, 0.29) is 24.5 Å². The van der Waals surface area contributed by atoms with Crippen LogP contribution < -0.4 is 23.7 Å². The normalized spacial score (nSPS) is 17.7. The van der Waals surface area contributed by atoms with Gasteiger partial charge in [-0.25, -0.2) is 0 Å². The zero-order chi connectivity index (χ0) is 39.5. The molecule has 4 aliphatic heterocycles. The summed E-state index contributed by atoms with van der Waals surface area (Å²) < 4.78 is 32.1. The fraction of sp³-hybridized carbons (Fsp3) is 0.362. The zero-order valence-corrected chi connectivity index (χ0v) is 33.3. The van der Waals surface area contributed by atoms with Crippen LogP contribution in [0.5, 0.6) is 40.2 Å². The molecule has 5 aromatic rings. The van der Waals surface area contributed by atoms with Gasteiger partial charge in [-0.1, -0.05) is 24.3 Å². The number of fused-ring (bicyclic) bond motifs is 2. The number of hydrogen-bond donors (Lipinski definition) is 1. The Bertz CT molecular complexity index is 2230. The van der Waals surface area contributed by atoms with Crippen LogP contribution in [-0.4, -0.2) is 73.7 Å². The summed E-state index contributed by atoms with van der Waals surface area (Å²) in [6.45, 7) is 2.03. The molecule has 0 saturated carbocycles. The van der Waals surface area contributed by atoms with E-state index < -0.39 is 0 Å². The molecule has 296 valence electrons. The van der Waals surface area contributed by atoms with Gasteiger partial charge in [0.25, 0.3) is 0 Å². The maximum Gasteiger partial charge on any atom is 0.181 e. The first kappa shape index (κ1) is 38.5. The molecular formula is C47H51N3O7. The number of benzene rings is 4. The Morgan fingerprint density at radius 2 is 1.56 bits per heavy atom. The third kappa shape index (κ3) is 8.08. The number of carbonyl (C=O) groups excluding carboxylic acids is 1. The van der Waals surface area contributed by atoms with Gasteiger partial charge in [0.1, 0.15) is 11.4 Å². The molecule has 10 nitrogen and oxygen atoms in total. The van der Waals surface area contributed by atoms with E-state index in [1.807, 2.05) is 30.3 Å². The van der Waals surface area contributed by atoms with Crippen molar-refractivity contribution in [3.63, 3.8) is 0 Å². The second kappa shape index (κ2) is 17.0. The van der Waals surface area contributed by atoms with Crippen LogP contribution in [0.2, 0.25) is 0 Å². The number of Topliss-reactive ketones (excluding diaryl/α,β-unsaturated/α-hetero) is 1. The fourth-order valence-corrected chi connectivity index (χ4v) is 8.53. The third-order valence-electron chi connectivity index (χ3n) is 11.7. The molecule has 0 spiro atoms. The van der Waals surface area contributed by atoms with Crippen molar-refractivity contribution >= 4 is 5.78 Å². The van der Waals surface area contributed by atoms with E-state index in [2.05, 4.69) is 71.3 Å².